The van der Waals surface area contributed by atoms with Crippen LogP contribution in [0, 0.1) is 0 Å². The van der Waals surface area contributed by atoms with Gasteiger partial charge in [0.25, 0.3) is 5.91 Å². The van der Waals surface area contributed by atoms with Gasteiger partial charge in [-0.3, -0.25) is 9.78 Å². The maximum atomic E-state index is 13.7. The predicted molar refractivity (Wildman–Crippen MR) is 120 cm³/mol. The number of morpholine rings is 1. The third-order valence-electron chi connectivity index (χ3n) is 6.25. The molecule has 2 aromatic carbocycles. The number of aryl methyl sites for hydroxylation is 1. The summed E-state index contributed by atoms with van der Waals surface area (Å²) in [7, 11) is 0. The molecule has 0 saturated carbocycles. The molecule has 2 heterocycles. The van der Waals surface area contributed by atoms with Crippen molar-refractivity contribution in [1.29, 1.82) is 0 Å². The number of benzene rings is 2. The summed E-state index contributed by atoms with van der Waals surface area (Å²) in [6.07, 6.45) is 2.74. The number of rotatable bonds is 4. The minimum absolute atomic E-state index is 0.208. The zero-order chi connectivity index (χ0) is 21.9. The van der Waals surface area contributed by atoms with Gasteiger partial charge in [-0.15, -0.1) is 0 Å². The Morgan fingerprint density at radius 3 is 2.47 bits per heavy atom. The molecule has 1 amide bonds. The standard InChI is InChI=1S/C26H26N2O4/c29-25(28-14-16-31-17-15-28)24(18-8-2-1-3-9-18)32-26(30)23-19-10-4-6-12-21(19)27-22-13-7-5-11-20(22)23/h1-4,6,8-10,12,24H,5,7,11,13-17H2/t24-/m1/s1. The number of nitrogens with zero attached hydrogens (tertiary/aromatic N) is 2. The first-order chi connectivity index (χ1) is 15.7. The lowest BCUT2D eigenvalue weighted by molar-refractivity contribution is -0.145. The molecule has 0 bridgehead atoms. The molecular formula is C26H26N2O4. The molecule has 1 saturated heterocycles. The molecule has 6 heteroatoms. The van der Waals surface area contributed by atoms with E-state index in [9.17, 15) is 9.59 Å². The van der Waals surface area contributed by atoms with E-state index in [-0.39, 0.29) is 5.91 Å². The van der Waals surface area contributed by atoms with Crippen LogP contribution in [0.5, 0.6) is 0 Å². The molecule has 3 aromatic rings. The van der Waals surface area contributed by atoms with E-state index >= 15 is 0 Å². The fourth-order valence-corrected chi connectivity index (χ4v) is 4.61. The summed E-state index contributed by atoms with van der Waals surface area (Å²) in [5.74, 6) is -0.669. The van der Waals surface area contributed by atoms with E-state index in [0.717, 1.165) is 47.8 Å². The minimum Gasteiger partial charge on any atom is -0.444 e. The van der Waals surface area contributed by atoms with Gasteiger partial charge in [0.2, 0.25) is 6.10 Å². The molecule has 164 valence electrons. The number of carbonyl (C=O) groups is 2. The van der Waals surface area contributed by atoms with Crippen LogP contribution in [-0.4, -0.2) is 48.1 Å². The summed E-state index contributed by atoms with van der Waals surface area (Å²) < 4.78 is 11.4. The SMILES string of the molecule is O=C(O[C@@H](C(=O)N1CCOCC1)c1ccccc1)c1c2c(nc3ccccc13)CCCC2. The largest absolute Gasteiger partial charge is 0.444 e. The fourth-order valence-electron chi connectivity index (χ4n) is 4.61. The Kier molecular flexibility index (Phi) is 5.86. The van der Waals surface area contributed by atoms with E-state index in [4.69, 9.17) is 14.5 Å². The van der Waals surface area contributed by atoms with Gasteiger partial charge in [0, 0.05) is 29.7 Å². The monoisotopic (exact) mass is 430 g/mol. The molecule has 1 aliphatic carbocycles. The average Bonchev–Trinajstić information content (AvgIpc) is 2.86. The lowest BCUT2D eigenvalue weighted by atomic mass is 9.90. The summed E-state index contributed by atoms with van der Waals surface area (Å²) in [5.41, 5.74) is 3.95. The van der Waals surface area contributed by atoms with Crippen LogP contribution in [-0.2, 0) is 27.1 Å². The second kappa shape index (κ2) is 9.09. The highest BCUT2D eigenvalue weighted by Crippen LogP contribution is 2.31. The summed E-state index contributed by atoms with van der Waals surface area (Å²) in [6.45, 7) is 1.97. The van der Waals surface area contributed by atoms with Gasteiger partial charge < -0.3 is 14.4 Å². The van der Waals surface area contributed by atoms with Crippen LogP contribution in [0.15, 0.2) is 54.6 Å². The van der Waals surface area contributed by atoms with E-state index in [2.05, 4.69) is 0 Å². The Balaban J connectivity index is 1.54. The zero-order valence-electron chi connectivity index (χ0n) is 18.0. The molecule has 0 unspecified atom stereocenters. The van der Waals surface area contributed by atoms with Gasteiger partial charge in [-0.05, 0) is 37.3 Å². The van der Waals surface area contributed by atoms with Crippen molar-refractivity contribution in [3.8, 4) is 0 Å². The minimum atomic E-state index is -0.993. The molecule has 1 aliphatic heterocycles. The van der Waals surface area contributed by atoms with E-state index in [1.165, 1.54) is 0 Å². The molecule has 0 radical (unpaired) electrons. The van der Waals surface area contributed by atoms with Gasteiger partial charge in [0.15, 0.2) is 0 Å². The molecule has 1 atom stereocenters. The molecule has 6 nitrogen and oxygen atoms in total. The Morgan fingerprint density at radius 1 is 0.938 bits per heavy atom. The van der Waals surface area contributed by atoms with E-state index in [1.807, 2.05) is 54.6 Å². The number of aromatic nitrogens is 1. The quantitative estimate of drug-likeness (QED) is 0.588. The highest BCUT2D eigenvalue weighted by atomic mass is 16.5. The van der Waals surface area contributed by atoms with Gasteiger partial charge in [0.05, 0.1) is 24.3 Å². The molecule has 1 aromatic heterocycles. The summed E-state index contributed by atoms with van der Waals surface area (Å²) in [6, 6.07) is 16.9. The van der Waals surface area contributed by atoms with Crippen molar-refractivity contribution in [2.45, 2.75) is 31.8 Å². The summed E-state index contributed by atoms with van der Waals surface area (Å²) in [5, 5.41) is 0.781. The molecule has 1 fully saturated rings. The maximum Gasteiger partial charge on any atom is 0.340 e. The number of hydrogen-bond donors (Lipinski definition) is 0. The number of carbonyl (C=O) groups excluding carboxylic acids is 2. The van der Waals surface area contributed by atoms with Gasteiger partial charge in [-0.2, -0.15) is 0 Å². The third kappa shape index (κ3) is 3.98. The number of fused-ring (bicyclic) bond motifs is 2. The molecule has 2 aliphatic rings. The Hall–Kier alpha value is -3.25. The van der Waals surface area contributed by atoms with Crippen LogP contribution in [0.1, 0.15) is 46.1 Å². The molecule has 5 rings (SSSR count). The second-order valence-corrected chi connectivity index (χ2v) is 8.27. The van der Waals surface area contributed by atoms with Gasteiger partial charge in [-0.25, -0.2) is 4.79 Å². The third-order valence-corrected chi connectivity index (χ3v) is 6.25. The highest BCUT2D eigenvalue weighted by molar-refractivity contribution is 6.06. The molecule has 0 N–H and O–H groups in total. The summed E-state index contributed by atoms with van der Waals surface area (Å²) in [4.78, 5) is 33.6. The van der Waals surface area contributed by atoms with E-state index in [0.29, 0.717) is 37.4 Å². The highest BCUT2D eigenvalue weighted by Gasteiger charge is 2.32. The van der Waals surface area contributed by atoms with Gasteiger partial charge in [0.1, 0.15) is 0 Å². The zero-order valence-corrected chi connectivity index (χ0v) is 18.0. The van der Waals surface area contributed by atoms with Gasteiger partial charge >= 0.3 is 5.97 Å². The van der Waals surface area contributed by atoms with E-state index < -0.39 is 12.1 Å². The second-order valence-electron chi connectivity index (χ2n) is 8.27. The van der Waals surface area contributed by atoms with Crippen molar-refractivity contribution in [3.05, 3.63) is 77.0 Å². The normalized spacial score (nSPS) is 16.9. The number of para-hydroxylation sites is 1. The predicted octanol–water partition coefficient (Wildman–Crippen LogP) is 3.87. The Bertz CT molecular complexity index is 1140. The van der Waals surface area contributed by atoms with Crippen molar-refractivity contribution in [1.82, 2.24) is 9.88 Å². The van der Waals surface area contributed by atoms with E-state index in [1.54, 1.807) is 4.90 Å². The number of pyridine rings is 1. The summed E-state index contributed by atoms with van der Waals surface area (Å²) >= 11 is 0. The fraction of sp³-hybridized carbons (Fsp3) is 0.346. The Labute approximate surface area is 187 Å². The first-order valence-electron chi connectivity index (χ1n) is 11.3. The first-order valence-corrected chi connectivity index (χ1v) is 11.3. The molecule has 0 spiro atoms. The Morgan fingerprint density at radius 2 is 1.66 bits per heavy atom. The molecule has 32 heavy (non-hydrogen) atoms. The van der Waals surface area contributed by atoms with Crippen LogP contribution in [0.2, 0.25) is 0 Å². The van der Waals surface area contributed by atoms with Gasteiger partial charge in [-0.1, -0.05) is 48.5 Å². The number of ether oxygens (including phenoxy) is 2. The van der Waals surface area contributed by atoms with Crippen molar-refractivity contribution in [2.75, 3.05) is 26.3 Å². The van der Waals surface area contributed by atoms with Crippen LogP contribution >= 0.6 is 0 Å². The number of esters is 1. The van der Waals surface area contributed by atoms with Crippen LogP contribution in [0.25, 0.3) is 10.9 Å². The average molecular weight is 431 g/mol. The first kappa shape index (κ1) is 20.6. The smallest absolute Gasteiger partial charge is 0.340 e. The number of hydrogen-bond acceptors (Lipinski definition) is 5. The van der Waals surface area contributed by atoms with Crippen molar-refractivity contribution in [2.24, 2.45) is 0 Å². The topological polar surface area (TPSA) is 68.7 Å². The lowest BCUT2D eigenvalue weighted by Crippen LogP contribution is -2.44. The van der Waals surface area contributed by atoms with Crippen LogP contribution in [0.3, 0.4) is 0 Å². The van der Waals surface area contributed by atoms with Crippen molar-refractivity contribution >= 4 is 22.8 Å². The lowest BCUT2D eigenvalue weighted by Gasteiger charge is -2.30. The molecular weight excluding hydrogens is 404 g/mol. The number of amides is 1. The maximum absolute atomic E-state index is 13.7. The van der Waals surface area contributed by atoms with Crippen LogP contribution in [0.4, 0.5) is 0 Å². The van der Waals surface area contributed by atoms with Crippen molar-refractivity contribution in [3.63, 3.8) is 0 Å². The van der Waals surface area contributed by atoms with Crippen molar-refractivity contribution < 1.29 is 19.1 Å². The van der Waals surface area contributed by atoms with Crippen LogP contribution < -0.4 is 0 Å².